The minimum atomic E-state index is 0.650. The molecule has 96 valence electrons. The molecular weight excluding hydrogens is 440 g/mol. The highest BCUT2D eigenvalue weighted by Gasteiger charge is 2.11. The first kappa shape index (κ1) is 14.8. The number of hydrogen-bond acceptors (Lipinski definition) is 1. The summed E-state index contributed by atoms with van der Waals surface area (Å²) in [6, 6.07) is 13.0. The van der Waals surface area contributed by atoms with E-state index in [4.69, 9.17) is 0 Å². The lowest BCUT2D eigenvalue weighted by Crippen LogP contribution is -2.09. The van der Waals surface area contributed by atoms with E-state index in [1.54, 1.807) is 0 Å². The molecule has 0 spiro atoms. The number of alkyl halides is 1. The average molecular weight is 453 g/mol. The van der Waals surface area contributed by atoms with E-state index >= 15 is 0 Å². The second-order valence-electron chi connectivity index (χ2n) is 4.26. The second kappa shape index (κ2) is 7.22. The van der Waals surface area contributed by atoms with Crippen molar-refractivity contribution in [2.75, 3.05) is 5.33 Å². The highest BCUT2D eigenvalue weighted by Crippen LogP contribution is 2.26. The molecule has 0 aliphatic rings. The third-order valence-electron chi connectivity index (χ3n) is 2.77. The fraction of sp³-hybridized carbons (Fsp3) is 0.286. The number of halogens is 3. The van der Waals surface area contributed by atoms with E-state index in [1.165, 1.54) is 14.2 Å². The van der Waals surface area contributed by atoms with Crippen molar-refractivity contribution in [2.45, 2.75) is 12.8 Å². The Balaban J connectivity index is 1.99. The molecule has 1 atom stereocenters. The van der Waals surface area contributed by atoms with Crippen molar-refractivity contribution >= 4 is 59.1 Å². The summed E-state index contributed by atoms with van der Waals surface area (Å²) >= 11 is 12.5. The molecule has 18 heavy (non-hydrogen) atoms. The van der Waals surface area contributed by atoms with Gasteiger partial charge in [0.25, 0.3) is 0 Å². The fourth-order valence-corrected chi connectivity index (χ4v) is 4.20. The normalized spacial score (nSPS) is 12.6. The van der Waals surface area contributed by atoms with E-state index in [1.807, 2.05) is 11.3 Å². The molecular formula is C14H13Br3S. The Kier molecular flexibility index (Phi) is 5.93. The molecule has 2 aromatic rings. The maximum Gasteiger partial charge on any atom is 0.0701 e. The highest BCUT2D eigenvalue weighted by atomic mass is 79.9. The lowest BCUT2D eigenvalue weighted by atomic mass is 9.97. The Bertz CT molecular complexity index is 490. The first-order chi connectivity index (χ1) is 8.67. The first-order valence-electron chi connectivity index (χ1n) is 5.72. The molecule has 0 saturated carbocycles. The standard InChI is InChI=1S/C14H13Br3S/c15-9-11(8-13-5-6-14(17)18-13)7-10-1-3-12(16)4-2-10/h1-6,11H,7-9H2. The molecule has 0 aliphatic carbocycles. The number of benzene rings is 1. The number of hydrogen-bond donors (Lipinski definition) is 0. The summed E-state index contributed by atoms with van der Waals surface area (Å²) in [7, 11) is 0. The smallest absolute Gasteiger partial charge is 0.0701 e. The van der Waals surface area contributed by atoms with Crippen molar-refractivity contribution in [1.29, 1.82) is 0 Å². The zero-order valence-corrected chi connectivity index (χ0v) is 15.3. The molecule has 0 aliphatic heterocycles. The first-order valence-corrected chi connectivity index (χ1v) is 9.24. The Labute approximate surface area is 137 Å². The van der Waals surface area contributed by atoms with Crippen LogP contribution in [0.1, 0.15) is 10.4 Å². The van der Waals surface area contributed by atoms with Crippen molar-refractivity contribution in [2.24, 2.45) is 5.92 Å². The lowest BCUT2D eigenvalue weighted by molar-refractivity contribution is 0.596. The maximum atomic E-state index is 3.64. The van der Waals surface area contributed by atoms with Crippen LogP contribution in [0.3, 0.4) is 0 Å². The van der Waals surface area contributed by atoms with Crippen LogP contribution in [0.2, 0.25) is 0 Å². The van der Waals surface area contributed by atoms with Crippen molar-refractivity contribution in [3.63, 3.8) is 0 Å². The van der Waals surface area contributed by atoms with Crippen LogP contribution in [-0.4, -0.2) is 5.33 Å². The summed E-state index contributed by atoms with van der Waals surface area (Å²) in [4.78, 5) is 1.45. The van der Waals surface area contributed by atoms with Gasteiger partial charge in [0.05, 0.1) is 3.79 Å². The van der Waals surface area contributed by atoms with E-state index in [9.17, 15) is 0 Å². The third kappa shape index (κ3) is 4.48. The minimum Gasteiger partial charge on any atom is -0.133 e. The molecule has 0 nitrogen and oxygen atoms in total. The van der Waals surface area contributed by atoms with E-state index in [2.05, 4.69) is 84.2 Å². The van der Waals surface area contributed by atoms with E-state index in [0.29, 0.717) is 5.92 Å². The van der Waals surface area contributed by atoms with Crippen LogP contribution in [0.5, 0.6) is 0 Å². The summed E-state index contributed by atoms with van der Waals surface area (Å²) in [6.45, 7) is 0. The monoisotopic (exact) mass is 450 g/mol. The SMILES string of the molecule is BrCC(Cc1ccc(Br)cc1)Cc1ccc(Br)s1. The van der Waals surface area contributed by atoms with Crippen molar-refractivity contribution < 1.29 is 0 Å². The average Bonchev–Trinajstić information content (AvgIpc) is 2.77. The zero-order chi connectivity index (χ0) is 13.0. The molecule has 0 saturated heterocycles. The topological polar surface area (TPSA) is 0 Å². The Hall–Kier alpha value is 0.360. The van der Waals surface area contributed by atoms with Gasteiger partial charge < -0.3 is 0 Å². The second-order valence-corrected chi connectivity index (χ2v) is 8.37. The number of rotatable bonds is 5. The Morgan fingerprint density at radius 1 is 0.944 bits per heavy atom. The summed E-state index contributed by atoms with van der Waals surface area (Å²) in [5.41, 5.74) is 1.40. The van der Waals surface area contributed by atoms with Gasteiger partial charge in [-0.25, -0.2) is 0 Å². The molecule has 0 fully saturated rings. The van der Waals surface area contributed by atoms with Crippen molar-refractivity contribution in [3.8, 4) is 0 Å². The highest BCUT2D eigenvalue weighted by molar-refractivity contribution is 9.11. The zero-order valence-electron chi connectivity index (χ0n) is 9.70. The molecule has 4 heteroatoms. The van der Waals surface area contributed by atoms with Crippen LogP contribution in [0, 0.1) is 5.92 Å². The number of thiophene rings is 1. The van der Waals surface area contributed by atoms with Gasteiger partial charge in [-0.15, -0.1) is 11.3 Å². The van der Waals surface area contributed by atoms with Gasteiger partial charge in [-0.3, -0.25) is 0 Å². The fourth-order valence-electron chi connectivity index (χ4n) is 1.88. The van der Waals surface area contributed by atoms with Crippen molar-refractivity contribution in [1.82, 2.24) is 0 Å². The summed E-state index contributed by atoms with van der Waals surface area (Å²) in [5.74, 6) is 0.650. The van der Waals surface area contributed by atoms with Gasteiger partial charge in [0.2, 0.25) is 0 Å². The molecule has 2 rings (SSSR count). The molecule has 1 aromatic heterocycles. The summed E-state index contributed by atoms with van der Waals surface area (Å²) in [6.07, 6.45) is 2.26. The van der Waals surface area contributed by atoms with Gasteiger partial charge in [-0.2, -0.15) is 0 Å². The van der Waals surface area contributed by atoms with Crippen molar-refractivity contribution in [3.05, 3.63) is 55.1 Å². The van der Waals surface area contributed by atoms with Gasteiger partial charge in [-0.1, -0.05) is 44.0 Å². The van der Waals surface area contributed by atoms with Crippen LogP contribution in [-0.2, 0) is 12.8 Å². The molecule has 0 bridgehead atoms. The maximum absolute atomic E-state index is 3.64. The van der Waals surface area contributed by atoms with Crippen LogP contribution in [0.25, 0.3) is 0 Å². The lowest BCUT2D eigenvalue weighted by Gasteiger charge is -2.13. The molecule has 1 heterocycles. The Morgan fingerprint density at radius 2 is 1.67 bits per heavy atom. The summed E-state index contributed by atoms with van der Waals surface area (Å²) < 4.78 is 2.36. The van der Waals surface area contributed by atoms with E-state index in [-0.39, 0.29) is 0 Å². The third-order valence-corrected chi connectivity index (χ3v) is 5.86. The quantitative estimate of drug-likeness (QED) is 0.483. The molecule has 1 unspecified atom stereocenters. The minimum absolute atomic E-state index is 0.650. The van der Waals surface area contributed by atoms with Crippen LogP contribution in [0.4, 0.5) is 0 Å². The van der Waals surface area contributed by atoms with Gasteiger partial charge in [0.1, 0.15) is 0 Å². The van der Waals surface area contributed by atoms with Crippen LogP contribution in [0.15, 0.2) is 44.7 Å². The van der Waals surface area contributed by atoms with E-state index in [0.717, 1.165) is 22.6 Å². The molecule has 0 N–H and O–H groups in total. The van der Waals surface area contributed by atoms with Gasteiger partial charge in [0.15, 0.2) is 0 Å². The Morgan fingerprint density at radius 3 is 2.22 bits per heavy atom. The van der Waals surface area contributed by atoms with Gasteiger partial charge in [0, 0.05) is 14.7 Å². The van der Waals surface area contributed by atoms with Gasteiger partial charge in [-0.05, 0) is 64.5 Å². The predicted molar refractivity (Wildman–Crippen MR) is 90.9 cm³/mol. The largest absolute Gasteiger partial charge is 0.133 e. The molecule has 0 radical (unpaired) electrons. The molecule has 0 amide bonds. The van der Waals surface area contributed by atoms with Gasteiger partial charge >= 0.3 is 0 Å². The van der Waals surface area contributed by atoms with Crippen LogP contribution >= 0.6 is 59.1 Å². The molecule has 1 aromatic carbocycles. The van der Waals surface area contributed by atoms with E-state index < -0.39 is 0 Å². The predicted octanol–water partition coefficient (Wildman–Crippen LogP) is 6.07. The summed E-state index contributed by atoms with van der Waals surface area (Å²) in [5, 5.41) is 1.04. The van der Waals surface area contributed by atoms with Crippen LogP contribution < -0.4 is 0 Å².